The van der Waals surface area contributed by atoms with Gasteiger partial charge in [-0.05, 0) is 81.3 Å². The maximum atomic E-state index is 6.31. The summed E-state index contributed by atoms with van der Waals surface area (Å²) < 4.78 is 12.5. The van der Waals surface area contributed by atoms with Crippen LogP contribution in [0.5, 0.6) is 0 Å². The lowest BCUT2D eigenvalue weighted by Gasteiger charge is -2.20. The van der Waals surface area contributed by atoms with Crippen LogP contribution in [-0.2, 0) is 9.47 Å². The third-order valence-electron chi connectivity index (χ3n) is 4.69. The molecule has 0 spiro atoms. The Hall–Kier alpha value is -2.77. The summed E-state index contributed by atoms with van der Waals surface area (Å²) >= 11 is 9.13. The van der Waals surface area contributed by atoms with Crippen LogP contribution in [0.3, 0.4) is 0 Å². The largest absolute Gasteiger partial charge is 0.456 e. The van der Waals surface area contributed by atoms with Gasteiger partial charge in [0.2, 0.25) is 0 Å². The molecule has 2 nitrogen and oxygen atoms in total. The van der Waals surface area contributed by atoms with Crippen LogP contribution in [0, 0.1) is 0 Å². The van der Waals surface area contributed by atoms with E-state index < -0.39 is 0 Å². The van der Waals surface area contributed by atoms with Crippen LogP contribution < -0.4 is 0 Å². The highest BCUT2D eigenvalue weighted by Gasteiger charge is 2.20. The average Bonchev–Trinajstić information content (AvgIpc) is 3.61. The van der Waals surface area contributed by atoms with Gasteiger partial charge in [0.15, 0.2) is 0 Å². The van der Waals surface area contributed by atoms with Gasteiger partial charge >= 0.3 is 0 Å². The molecular formula is C26H18O2S4. The van der Waals surface area contributed by atoms with E-state index in [2.05, 4.69) is 71.3 Å². The molecule has 0 saturated carbocycles. The number of allylic oxidation sites excluding steroid dienone is 9. The summed E-state index contributed by atoms with van der Waals surface area (Å²) in [6.45, 7) is 0. The fraction of sp³-hybridized carbons (Fsp3) is 0. The third-order valence-corrected chi connectivity index (χ3v) is 7.51. The fourth-order valence-corrected chi connectivity index (χ4v) is 5.39. The first-order chi connectivity index (χ1) is 15.8. The van der Waals surface area contributed by atoms with Crippen LogP contribution in [-0.4, -0.2) is 0 Å². The average molecular weight is 491 g/mol. The molecule has 0 aromatic carbocycles. The summed E-state index contributed by atoms with van der Waals surface area (Å²) in [5.41, 5.74) is 2.15. The van der Waals surface area contributed by atoms with E-state index in [1.807, 2.05) is 36.4 Å². The minimum atomic E-state index is 0.772. The molecule has 0 unspecified atom stereocenters. The Morgan fingerprint density at radius 2 is 1.12 bits per heavy atom. The van der Waals surface area contributed by atoms with Crippen LogP contribution in [0.1, 0.15) is 14.6 Å². The summed E-state index contributed by atoms with van der Waals surface area (Å²) in [4.78, 5) is 3.29. The van der Waals surface area contributed by atoms with Crippen molar-refractivity contribution in [3.05, 3.63) is 132 Å². The van der Waals surface area contributed by atoms with Crippen molar-refractivity contribution in [2.75, 3.05) is 0 Å². The molecule has 0 fully saturated rings. The summed E-state index contributed by atoms with van der Waals surface area (Å²) in [6, 6.07) is 12.4. The molecule has 0 saturated heterocycles. The number of hydrogen-bond acceptors (Lipinski definition) is 6. The summed E-state index contributed by atoms with van der Waals surface area (Å²) in [6.07, 6.45) is 14.1. The van der Waals surface area contributed by atoms with Crippen molar-refractivity contribution in [1.82, 2.24) is 0 Å². The Labute approximate surface area is 204 Å². The zero-order valence-corrected chi connectivity index (χ0v) is 20.1. The number of rotatable bonds is 5. The number of thiophene rings is 3. The second-order valence-corrected chi connectivity index (χ2v) is 9.96. The lowest BCUT2D eigenvalue weighted by atomic mass is 10.0. The van der Waals surface area contributed by atoms with Crippen molar-refractivity contribution < 1.29 is 9.47 Å². The van der Waals surface area contributed by atoms with Crippen LogP contribution >= 0.6 is 46.6 Å². The molecule has 5 rings (SSSR count). The standard InChI is InChI=1S/C26H18O2S4/c29-10-2-1-6-20-14-18(15-21(27-20)24-7-3-11-30-24)19-16-22(25-8-4-12-31-25)28-23(17-19)26-9-5-13-32-26/h1-17,29H/b6-1+,10-2-. The first-order valence-electron chi connectivity index (χ1n) is 9.86. The normalized spacial score (nSPS) is 16.5. The van der Waals surface area contributed by atoms with E-state index >= 15 is 0 Å². The van der Waals surface area contributed by atoms with Gasteiger partial charge in [0.25, 0.3) is 0 Å². The van der Waals surface area contributed by atoms with E-state index in [1.165, 1.54) is 0 Å². The molecule has 2 aliphatic heterocycles. The highest BCUT2D eigenvalue weighted by molar-refractivity contribution is 7.83. The first kappa shape index (κ1) is 21.1. The van der Waals surface area contributed by atoms with Gasteiger partial charge < -0.3 is 9.47 Å². The van der Waals surface area contributed by atoms with Gasteiger partial charge in [0.05, 0.1) is 14.6 Å². The van der Waals surface area contributed by atoms with Crippen LogP contribution in [0.25, 0.3) is 17.3 Å². The third kappa shape index (κ3) is 4.69. The van der Waals surface area contributed by atoms with E-state index in [0.717, 1.165) is 48.8 Å². The zero-order valence-electron chi connectivity index (χ0n) is 16.8. The number of thiol groups is 1. The van der Waals surface area contributed by atoms with Crippen LogP contribution in [0.4, 0.5) is 0 Å². The van der Waals surface area contributed by atoms with Crippen LogP contribution in [0.2, 0.25) is 0 Å². The molecule has 6 heteroatoms. The molecule has 158 valence electrons. The van der Waals surface area contributed by atoms with Crippen molar-refractivity contribution in [1.29, 1.82) is 0 Å². The van der Waals surface area contributed by atoms with Crippen molar-refractivity contribution >= 4 is 63.9 Å². The van der Waals surface area contributed by atoms with Crippen molar-refractivity contribution in [2.45, 2.75) is 0 Å². The highest BCUT2D eigenvalue weighted by atomic mass is 32.1. The Bertz CT molecular complexity index is 1240. The summed E-state index contributed by atoms with van der Waals surface area (Å²) in [5, 5.41) is 7.88. The van der Waals surface area contributed by atoms with Gasteiger partial charge in [-0.1, -0.05) is 30.4 Å². The lowest BCUT2D eigenvalue weighted by Crippen LogP contribution is -2.02. The van der Waals surface area contributed by atoms with Gasteiger partial charge in [0.1, 0.15) is 23.0 Å². The molecule has 5 heterocycles. The van der Waals surface area contributed by atoms with Crippen molar-refractivity contribution in [3.8, 4) is 0 Å². The molecule has 0 aliphatic carbocycles. The molecular weight excluding hydrogens is 473 g/mol. The van der Waals surface area contributed by atoms with Gasteiger partial charge in [-0.25, -0.2) is 0 Å². The fourth-order valence-electron chi connectivity index (χ4n) is 3.26. The van der Waals surface area contributed by atoms with Gasteiger partial charge in [-0.2, -0.15) is 12.6 Å². The molecule has 2 aliphatic rings. The minimum Gasteiger partial charge on any atom is -0.456 e. The molecule has 0 N–H and O–H groups in total. The molecule has 3 aromatic heterocycles. The Balaban J connectivity index is 1.66. The predicted octanol–water partition coefficient (Wildman–Crippen LogP) is 8.53. The second-order valence-electron chi connectivity index (χ2n) is 6.82. The Morgan fingerprint density at radius 1 is 0.625 bits per heavy atom. The molecule has 3 aromatic rings. The monoisotopic (exact) mass is 490 g/mol. The smallest absolute Gasteiger partial charge is 0.145 e. The van der Waals surface area contributed by atoms with Crippen molar-refractivity contribution in [3.63, 3.8) is 0 Å². The highest BCUT2D eigenvalue weighted by Crippen LogP contribution is 2.38. The van der Waals surface area contributed by atoms with Gasteiger partial charge in [0, 0.05) is 0 Å². The summed E-state index contributed by atoms with van der Waals surface area (Å²) in [5.74, 6) is 3.32. The van der Waals surface area contributed by atoms with E-state index in [4.69, 9.17) is 9.47 Å². The zero-order chi connectivity index (χ0) is 21.8. The quantitative estimate of drug-likeness (QED) is 0.285. The SMILES string of the molecule is S/C=C\C=C\C1=CC(=C2C=C(c3cccs3)OC(c3cccs3)=C2)C=C(c2cccs2)O1. The predicted molar refractivity (Wildman–Crippen MR) is 141 cm³/mol. The Kier molecular flexibility index (Phi) is 6.46. The van der Waals surface area contributed by atoms with Crippen LogP contribution in [0.15, 0.2) is 117 Å². The summed E-state index contributed by atoms with van der Waals surface area (Å²) in [7, 11) is 0. The van der Waals surface area contributed by atoms with Gasteiger partial charge in [-0.3, -0.25) is 0 Å². The van der Waals surface area contributed by atoms with E-state index in [9.17, 15) is 0 Å². The second kappa shape index (κ2) is 9.79. The van der Waals surface area contributed by atoms with Gasteiger partial charge in [-0.15, -0.1) is 34.0 Å². The van der Waals surface area contributed by atoms with E-state index in [-0.39, 0.29) is 0 Å². The Morgan fingerprint density at radius 3 is 1.59 bits per heavy atom. The molecule has 0 radical (unpaired) electrons. The van der Waals surface area contributed by atoms with E-state index in [0.29, 0.717) is 0 Å². The van der Waals surface area contributed by atoms with Crippen molar-refractivity contribution in [2.24, 2.45) is 0 Å². The molecule has 0 bridgehead atoms. The topological polar surface area (TPSA) is 18.5 Å². The lowest BCUT2D eigenvalue weighted by molar-refractivity contribution is 0.397. The maximum absolute atomic E-state index is 6.31. The van der Waals surface area contributed by atoms with E-state index in [1.54, 1.807) is 39.4 Å². The minimum absolute atomic E-state index is 0.772. The molecule has 0 atom stereocenters. The number of ether oxygens (including phenoxy) is 2. The molecule has 0 amide bonds. The maximum Gasteiger partial charge on any atom is 0.145 e. The first-order valence-corrected chi connectivity index (χ1v) is 13.0. The number of hydrogen-bond donors (Lipinski definition) is 1. The molecule has 32 heavy (non-hydrogen) atoms.